The van der Waals surface area contributed by atoms with Crippen LogP contribution in [0.1, 0.15) is 29.6 Å². The lowest BCUT2D eigenvalue weighted by Crippen LogP contribution is -2.24. The molecule has 4 heteroatoms. The Hall–Kier alpha value is -1.55. The molecule has 2 unspecified atom stereocenters. The molecule has 0 aliphatic carbocycles. The van der Waals surface area contributed by atoms with E-state index in [0.29, 0.717) is 17.5 Å². The van der Waals surface area contributed by atoms with Crippen LogP contribution in [0.3, 0.4) is 0 Å². The Morgan fingerprint density at radius 3 is 2.95 bits per heavy atom. The molecule has 2 aromatic carbocycles. The van der Waals surface area contributed by atoms with E-state index < -0.39 is 6.10 Å². The number of halogens is 1. The molecule has 3 N–H and O–H groups in total. The quantitative estimate of drug-likeness (QED) is 0.714. The molecule has 0 spiro atoms. The monoisotopic (exact) mass is 316 g/mol. The molecule has 0 bridgehead atoms. The Morgan fingerprint density at radius 2 is 2.09 bits per heavy atom. The molecular formula is C18H21ClN2O. The number of fused-ring (bicyclic) bond motifs is 1. The van der Waals surface area contributed by atoms with E-state index in [2.05, 4.69) is 34.9 Å². The second-order valence-electron chi connectivity index (χ2n) is 5.73. The normalized spacial score (nSPS) is 17.8. The van der Waals surface area contributed by atoms with Crippen LogP contribution in [0.5, 0.6) is 0 Å². The summed E-state index contributed by atoms with van der Waals surface area (Å²) in [5, 5.41) is 17.6. The largest absolute Gasteiger partial charge is 0.387 e. The molecule has 0 aromatic heterocycles. The number of hydrogen-bond donors (Lipinski definition) is 3. The summed E-state index contributed by atoms with van der Waals surface area (Å²) in [6.07, 6.45) is 0.541. The van der Waals surface area contributed by atoms with E-state index in [9.17, 15) is 5.11 Å². The summed E-state index contributed by atoms with van der Waals surface area (Å²) in [6.45, 7) is 2.43. The Morgan fingerprint density at radius 1 is 1.23 bits per heavy atom. The molecule has 3 nitrogen and oxygen atoms in total. The van der Waals surface area contributed by atoms with Gasteiger partial charge in [0.05, 0.1) is 6.10 Å². The Bertz CT molecular complexity index is 632. The number of benzene rings is 2. The van der Waals surface area contributed by atoms with Gasteiger partial charge in [0.1, 0.15) is 0 Å². The van der Waals surface area contributed by atoms with Crippen molar-refractivity contribution in [3.63, 3.8) is 0 Å². The zero-order valence-corrected chi connectivity index (χ0v) is 13.2. The Kier molecular flexibility index (Phi) is 4.98. The summed E-state index contributed by atoms with van der Waals surface area (Å²) in [7, 11) is 0. The molecule has 2 atom stereocenters. The molecule has 2 aromatic rings. The first kappa shape index (κ1) is 15.3. The first-order chi connectivity index (χ1) is 10.7. The minimum absolute atomic E-state index is 0.521. The smallest absolute Gasteiger partial charge is 0.0914 e. The number of aliphatic hydroxyl groups excluding tert-OH is 1. The lowest BCUT2D eigenvalue weighted by molar-refractivity contribution is 0.174. The highest BCUT2D eigenvalue weighted by Gasteiger charge is 2.20. The second kappa shape index (κ2) is 7.14. The lowest BCUT2D eigenvalue weighted by atomic mass is 9.98. The third-order valence-electron chi connectivity index (χ3n) is 4.18. The van der Waals surface area contributed by atoms with Crippen LogP contribution < -0.4 is 10.6 Å². The van der Waals surface area contributed by atoms with Crippen molar-refractivity contribution in [3.8, 4) is 0 Å². The van der Waals surface area contributed by atoms with Gasteiger partial charge in [0.2, 0.25) is 0 Å². The summed E-state index contributed by atoms with van der Waals surface area (Å²) >= 11 is 5.95. The summed E-state index contributed by atoms with van der Waals surface area (Å²) in [5.74, 6) is 0.548. The van der Waals surface area contributed by atoms with Crippen molar-refractivity contribution in [2.24, 2.45) is 0 Å². The molecule has 3 rings (SSSR count). The van der Waals surface area contributed by atoms with Crippen LogP contribution in [0.25, 0.3) is 0 Å². The van der Waals surface area contributed by atoms with Crippen LogP contribution in [0.4, 0.5) is 5.69 Å². The number of nitrogens with one attached hydrogen (secondary N) is 2. The third-order valence-corrected chi connectivity index (χ3v) is 4.42. The highest BCUT2D eigenvalue weighted by Crippen LogP contribution is 2.32. The second-order valence-corrected chi connectivity index (χ2v) is 6.17. The predicted octanol–water partition coefficient (Wildman–Crippen LogP) is 3.56. The number of para-hydroxylation sites is 1. The van der Waals surface area contributed by atoms with Crippen molar-refractivity contribution in [1.29, 1.82) is 0 Å². The topological polar surface area (TPSA) is 44.3 Å². The SMILES string of the molecule is OC(CNCCC1CNc2ccccc21)c1cccc(Cl)c1. The van der Waals surface area contributed by atoms with Crippen molar-refractivity contribution < 1.29 is 5.11 Å². The third kappa shape index (κ3) is 3.61. The fraction of sp³-hybridized carbons (Fsp3) is 0.333. The highest BCUT2D eigenvalue weighted by molar-refractivity contribution is 6.30. The van der Waals surface area contributed by atoms with Gasteiger partial charge in [-0.25, -0.2) is 0 Å². The first-order valence-corrected chi connectivity index (χ1v) is 8.09. The maximum atomic E-state index is 10.2. The van der Waals surface area contributed by atoms with Crippen LogP contribution in [-0.4, -0.2) is 24.7 Å². The number of hydrogen-bond acceptors (Lipinski definition) is 3. The molecule has 22 heavy (non-hydrogen) atoms. The van der Waals surface area contributed by atoms with E-state index in [1.54, 1.807) is 0 Å². The van der Waals surface area contributed by atoms with E-state index in [1.165, 1.54) is 11.3 Å². The van der Waals surface area contributed by atoms with E-state index in [0.717, 1.165) is 25.1 Å². The fourth-order valence-corrected chi connectivity index (χ4v) is 3.16. The van der Waals surface area contributed by atoms with Gasteiger partial charge in [0.15, 0.2) is 0 Å². The van der Waals surface area contributed by atoms with E-state index in [4.69, 9.17) is 11.6 Å². The van der Waals surface area contributed by atoms with Crippen molar-refractivity contribution in [2.75, 3.05) is 25.0 Å². The molecule has 1 aliphatic rings. The minimum Gasteiger partial charge on any atom is -0.387 e. The standard InChI is InChI=1S/C18H21ClN2O/c19-15-5-3-4-13(10-15)18(22)12-20-9-8-14-11-21-17-7-2-1-6-16(14)17/h1-7,10,14,18,20-22H,8-9,11-12H2. The predicted molar refractivity (Wildman–Crippen MR) is 91.6 cm³/mol. The molecule has 116 valence electrons. The maximum Gasteiger partial charge on any atom is 0.0914 e. The van der Waals surface area contributed by atoms with Gasteiger partial charge in [-0.2, -0.15) is 0 Å². The van der Waals surface area contributed by atoms with Crippen molar-refractivity contribution >= 4 is 17.3 Å². The lowest BCUT2D eigenvalue weighted by Gasteiger charge is -2.14. The van der Waals surface area contributed by atoms with Crippen LogP contribution in [0.15, 0.2) is 48.5 Å². The van der Waals surface area contributed by atoms with Crippen LogP contribution in [0, 0.1) is 0 Å². The van der Waals surface area contributed by atoms with Crippen LogP contribution >= 0.6 is 11.6 Å². The van der Waals surface area contributed by atoms with Crippen molar-refractivity contribution in [1.82, 2.24) is 5.32 Å². The van der Waals surface area contributed by atoms with E-state index in [1.807, 2.05) is 24.3 Å². The molecule has 1 heterocycles. The van der Waals surface area contributed by atoms with Crippen LogP contribution in [0.2, 0.25) is 5.02 Å². The first-order valence-electron chi connectivity index (χ1n) is 7.71. The molecule has 0 saturated carbocycles. The fourth-order valence-electron chi connectivity index (χ4n) is 2.96. The summed E-state index contributed by atoms with van der Waals surface area (Å²) < 4.78 is 0. The number of anilines is 1. The molecule has 0 fully saturated rings. The molecule has 0 saturated heterocycles. The summed E-state index contributed by atoms with van der Waals surface area (Å²) in [4.78, 5) is 0. The Labute approximate surface area is 136 Å². The van der Waals surface area contributed by atoms with E-state index >= 15 is 0 Å². The van der Waals surface area contributed by atoms with Gasteiger partial charge in [0.25, 0.3) is 0 Å². The van der Waals surface area contributed by atoms with Gasteiger partial charge in [-0.3, -0.25) is 0 Å². The minimum atomic E-state index is -0.521. The average molecular weight is 317 g/mol. The number of aliphatic hydroxyl groups is 1. The molecule has 1 aliphatic heterocycles. The summed E-state index contributed by atoms with van der Waals surface area (Å²) in [5.41, 5.74) is 3.51. The summed E-state index contributed by atoms with van der Waals surface area (Å²) in [6, 6.07) is 15.9. The highest BCUT2D eigenvalue weighted by atomic mass is 35.5. The van der Waals surface area contributed by atoms with E-state index in [-0.39, 0.29) is 0 Å². The number of rotatable bonds is 6. The van der Waals surface area contributed by atoms with Gasteiger partial charge in [-0.05, 0) is 42.3 Å². The Balaban J connectivity index is 1.45. The maximum absolute atomic E-state index is 10.2. The van der Waals surface area contributed by atoms with Gasteiger partial charge < -0.3 is 15.7 Å². The van der Waals surface area contributed by atoms with Crippen molar-refractivity contribution in [2.45, 2.75) is 18.4 Å². The zero-order valence-electron chi connectivity index (χ0n) is 12.4. The van der Waals surface area contributed by atoms with Crippen molar-refractivity contribution in [3.05, 3.63) is 64.7 Å². The van der Waals surface area contributed by atoms with Gasteiger partial charge in [0, 0.05) is 29.7 Å². The van der Waals surface area contributed by atoms with Crippen LogP contribution in [-0.2, 0) is 0 Å². The van der Waals surface area contributed by atoms with Gasteiger partial charge in [-0.15, -0.1) is 0 Å². The van der Waals surface area contributed by atoms with Gasteiger partial charge >= 0.3 is 0 Å². The average Bonchev–Trinajstić information content (AvgIpc) is 2.95. The zero-order chi connectivity index (χ0) is 15.4. The molecule has 0 radical (unpaired) electrons. The molecule has 0 amide bonds. The molecular weight excluding hydrogens is 296 g/mol. The van der Waals surface area contributed by atoms with Gasteiger partial charge in [-0.1, -0.05) is 41.9 Å².